The number of imidazole rings is 1. The predicted molar refractivity (Wildman–Crippen MR) is 232 cm³/mol. The number of ether oxygens (including phenoxy) is 1. The molecule has 8 aromatic rings. The predicted octanol–water partition coefficient (Wildman–Crippen LogP) is 12.1. The van der Waals surface area contributed by atoms with Crippen molar-refractivity contribution in [3.8, 4) is 28.8 Å². The number of aromatic nitrogens is 5. The maximum atomic E-state index is 8.99. The number of hydrogen-bond donors (Lipinski definition) is 0. The molecule has 7 heteroatoms. The van der Waals surface area contributed by atoms with E-state index in [9.17, 15) is 0 Å². The molecular formula is C51H53N5OPt-2. The van der Waals surface area contributed by atoms with Crippen LogP contribution in [0.4, 0.5) is 0 Å². The third-order valence-electron chi connectivity index (χ3n) is 10.4. The van der Waals surface area contributed by atoms with Gasteiger partial charge in [0.1, 0.15) is 5.82 Å². The molecule has 0 N–H and O–H groups in total. The van der Waals surface area contributed by atoms with Crippen molar-refractivity contribution in [2.45, 2.75) is 98.8 Å². The molecule has 6 nitrogen and oxygen atoms in total. The molecule has 0 saturated carbocycles. The molecule has 0 aliphatic heterocycles. The minimum Gasteiger partial charge on any atom is -0.522 e. The molecular weight excluding hydrogens is 894 g/mol. The van der Waals surface area contributed by atoms with Gasteiger partial charge in [0.2, 0.25) is 0 Å². The van der Waals surface area contributed by atoms with E-state index in [1.54, 1.807) is 36.7 Å². The maximum absolute atomic E-state index is 8.99. The second-order valence-corrected chi connectivity index (χ2v) is 18.3. The maximum Gasteiger partial charge on any atom is 0.269 e. The summed E-state index contributed by atoms with van der Waals surface area (Å²) >= 11 is 0. The summed E-state index contributed by atoms with van der Waals surface area (Å²) in [7, 11) is 0. The molecule has 0 unspecified atom stereocenters. The van der Waals surface area contributed by atoms with Gasteiger partial charge in [0.05, 0.1) is 22.5 Å². The molecule has 0 radical (unpaired) electrons. The van der Waals surface area contributed by atoms with E-state index >= 15 is 0 Å². The first-order valence-corrected chi connectivity index (χ1v) is 19.7. The summed E-state index contributed by atoms with van der Waals surface area (Å²) in [6, 6.07) is 37.4. The topological polar surface area (TPSA) is 48.8 Å². The van der Waals surface area contributed by atoms with Gasteiger partial charge in [0.25, 0.3) is 6.33 Å². The van der Waals surface area contributed by atoms with Crippen LogP contribution in [-0.2, 0) is 43.7 Å². The van der Waals surface area contributed by atoms with Gasteiger partial charge in [-0.1, -0.05) is 130 Å². The average molecular weight is 950 g/mol. The summed E-state index contributed by atoms with van der Waals surface area (Å²) in [4.78, 5) is 9.57. The molecule has 58 heavy (non-hydrogen) atoms. The first-order valence-electron chi connectivity index (χ1n) is 21.2. The SMILES string of the molecule is [2H]C(C)(C)C([2H])([2H])c1ccc2c(c1)n(-c1[c-]c(Oc3[c-]c4c(cc3)c3ccccc3n4-c3cc(C(C)(C)C)ccn3)ccn1)[c-][n+]2-c1cc(C(C)(C)C)cc(C(C)(C)C)c1.[Pt]. The largest absolute Gasteiger partial charge is 0.522 e. The number of nitrogens with zero attached hydrogens (tertiary/aromatic N) is 5. The molecule has 0 fully saturated rings. The summed E-state index contributed by atoms with van der Waals surface area (Å²) in [5, 5.41) is 2.13. The minimum atomic E-state index is -1.95. The first-order chi connectivity index (χ1) is 28.0. The van der Waals surface area contributed by atoms with Crippen molar-refractivity contribution in [2.75, 3.05) is 0 Å². The van der Waals surface area contributed by atoms with Crippen LogP contribution < -0.4 is 9.30 Å². The second-order valence-electron chi connectivity index (χ2n) is 18.3. The van der Waals surface area contributed by atoms with E-state index in [0.29, 0.717) is 28.4 Å². The summed E-state index contributed by atoms with van der Waals surface area (Å²) in [5.74, 6) is 0.762. The number of rotatable bonds is 7. The van der Waals surface area contributed by atoms with E-state index in [0.717, 1.165) is 38.8 Å². The molecule has 4 aromatic carbocycles. The molecule has 0 saturated heterocycles. The number of fused-ring (bicyclic) bond motifs is 4. The van der Waals surface area contributed by atoms with Gasteiger partial charge in [-0.2, -0.15) is 18.2 Å². The molecule has 300 valence electrons. The standard InChI is InChI=1S/C51H53N5O.Pt/c1-33(2)24-34-16-19-44-46(25-34)55(32-54(44)38-27-36(50(6,7)8)26-37(28-38)51(9,10)11)47-31-40(21-23-52-47)57-39-17-18-42-41-14-12-13-15-43(41)56(45(42)30-39)48-29-35(20-22-53-48)49(3,4)5;/h12-23,25-29,33H,24H2,1-11H3;/q-2;/i24D2,33D;. The van der Waals surface area contributed by atoms with Crippen LogP contribution in [-0.4, -0.2) is 19.1 Å². The zero-order valence-corrected chi connectivity index (χ0v) is 37.5. The van der Waals surface area contributed by atoms with Gasteiger partial charge in [0.15, 0.2) is 0 Å². The molecule has 0 amide bonds. The van der Waals surface area contributed by atoms with E-state index in [1.807, 2.05) is 41.1 Å². The van der Waals surface area contributed by atoms with E-state index in [1.165, 1.54) is 16.7 Å². The van der Waals surface area contributed by atoms with Crippen molar-refractivity contribution >= 4 is 32.8 Å². The second kappa shape index (κ2) is 15.3. The van der Waals surface area contributed by atoms with E-state index in [4.69, 9.17) is 18.8 Å². The van der Waals surface area contributed by atoms with E-state index in [-0.39, 0.29) is 37.3 Å². The van der Waals surface area contributed by atoms with Crippen molar-refractivity contribution in [2.24, 2.45) is 5.89 Å². The zero-order chi connectivity index (χ0) is 43.2. The normalized spacial score (nSPS) is 13.7. The van der Waals surface area contributed by atoms with Crippen LogP contribution in [0.5, 0.6) is 11.5 Å². The van der Waals surface area contributed by atoms with Crippen LogP contribution in [0.3, 0.4) is 0 Å². The fourth-order valence-electron chi connectivity index (χ4n) is 7.26. The van der Waals surface area contributed by atoms with Crippen LogP contribution in [0.15, 0.2) is 103 Å². The number of para-hydroxylation sites is 1. The van der Waals surface area contributed by atoms with Crippen molar-refractivity contribution in [1.29, 1.82) is 0 Å². The van der Waals surface area contributed by atoms with Crippen molar-refractivity contribution in [3.63, 3.8) is 0 Å². The smallest absolute Gasteiger partial charge is 0.269 e. The summed E-state index contributed by atoms with van der Waals surface area (Å²) in [6.07, 6.45) is 5.16. The Balaban J connectivity index is 0.00000561. The Kier molecular flexibility index (Phi) is 9.80. The third-order valence-corrected chi connectivity index (χ3v) is 10.4. The first kappa shape index (κ1) is 37.2. The van der Waals surface area contributed by atoms with Crippen molar-refractivity contribution < 1.29 is 34.5 Å². The molecule has 4 aromatic heterocycles. The molecule has 0 aliphatic rings. The van der Waals surface area contributed by atoms with Crippen molar-refractivity contribution in [3.05, 3.63) is 144 Å². The van der Waals surface area contributed by atoms with Gasteiger partial charge >= 0.3 is 0 Å². The molecule has 0 atom stereocenters. The number of pyridine rings is 2. The van der Waals surface area contributed by atoms with Crippen LogP contribution in [0.1, 0.15) is 103 Å². The Labute approximate surface area is 362 Å². The van der Waals surface area contributed by atoms with Crippen molar-refractivity contribution in [1.82, 2.24) is 19.1 Å². The van der Waals surface area contributed by atoms with Gasteiger partial charge in [-0.25, -0.2) is 4.98 Å². The number of hydrogen-bond acceptors (Lipinski definition) is 3. The minimum absolute atomic E-state index is 0. The molecule has 0 bridgehead atoms. The summed E-state index contributed by atoms with van der Waals surface area (Å²) in [6.45, 7) is 23.1. The average Bonchev–Trinajstić information content (AvgIpc) is 3.72. The van der Waals surface area contributed by atoms with Crippen LogP contribution in [0.25, 0.3) is 50.2 Å². The van der Waals surface area contributed by atoms with Crippen LogP contribution >= 0.6 is 0 Å². The fourth-order valence-corrected chi connectivity index (χ4v) is 7.26. The molecule has 0 spiro atoms. The Morgan fingerprint density at radius 1 is 0.707 bits per heavy atom. The van der Waals surface area contributed by atoms with Gasteiger partial charge in [-0.3, -0.25) is 14.1 Å². The van der Waals surface area contributed by atoms with E-state index < -0.39 is 12.3 Å². The third kappa shape index (κ3) is 8.01. The monoisotopic (exact) mass is 949 g/mol. The van der Waals surface area contributed by atoms with Gasteiger partial charge in [0, 0.05) is 42.6 Å². The zero-order valence-electron chi connectivity index (χ0n) is 38.3. The number of benzene rings is 4. The Bertz CT molecular complexity index is 2910. The summed E-state index contributed by atoms with van der Waals surface area (Å²) in [5.41, 5.74) is 7.97. The Morgan fingerprint density at radius 3 is 2.07 bits per heavy atom. The quantitative estimate of drug-likeness (QED) is 0.118. The Morgan fingerprint density at radius 2 is 1.38 bits per heavy atom. The molecule has 8 rings (SSSR count). The Hall–Kier alpha value is -5.06. The summed E-state index contributed by atoms with van der Waals surface area (Å²) < 4.78 is 39.2. The fraction of sp³-hybridized carbons (Fsp3) is 0.314. The van der Waals surface area contributed by atoms with E-state index in [2.05, 4.69) is 134 Å². The van der Waals surface area contributed by atoms with Crippen LogP contribution in [0, 0.1) is 24.4 Å². The van der Waals surface area contributed by atoms with Gasteiger partial charge in [-0.15, -0.1) is 17.5 Å². The molecule has 0 aliphatic carbocycles. The van der Waals surface area contributed by atoms with Gasteiger partial charge < -0.3 is 9.30 Å². The van der Waals surface area contributed by atoms with Crippen LogP contribution in [0.2, 0.25) is 0 Å². The van der Waals surface area contributed by atoms with Gasteiger partial charge in [-0.05, 0) is 92.7 Å². The molecule has 4 heterocycles.